The molecule has 0 aliphatic heterocycles. The summed E-state index contributed by atoms with van der Waals surface area (Å²) in [5, 5.41) is 9.97. The first-order valence-corrected chi connectivity index (χ1v) is 7.36. The van der Waals surface area contributed by atoms with Crippen molar-refractivity contribution in [1.82, 2.24) is 5.10 Å². The third-order valence-electron chi connectivity index (χ3n) is 3.08. The molecule has 4 nitrogen and oxygen atoms in total. The van der Waals surface area contributed by atoms with Gasteiger partial charge in [-0.25, -0.2) is 0 Å². The van der Waals surface area contributed by atoms with Crippen molar-refractivity contribution in [2.75, 3.05) is 5.32 Å². The average Bonchev–Trinajstić information content (AvgIpc) is 2.45. The molecule has 1 aromatic heterocycles. The zero-order valence-corrected chi connectivity index (χ0v) is 15.7. The molecule has 1 heterocycles. The SMILES string of the molecule is I.O=C(C[n+]1cc2ccccc2cn1)Nc1cc(Cl)cc(Cl)c1. The average molecular weight is 461 g/mol. The van der Waals surface area contributed by atoms with E-state index in [2.05, 4.69) is 10.4 Å². The molecule has 1 amide bonds. The van der Waals surface area contributed by atoms with Crippen LogP contribution in [0.25, 0.3) is 10.8 Å². The summed E-state index contributed by atoms with van der Waals surface area (Å²) in [6.07, 6.45) is 3.57. The van der Waals surface area contributed by atoms with Gasteiger partial charge in [-0.2, -0.15) is 0 Å². The molecule has 7 heteroatoms. The van der Waals surface area contributed by atoms with Gasteiger partial charge in [0.1, 0.15) is 6.20 Å². The fourth-order valence-corrected chi connectivity index (χ4v) is 2.66. The van der Waals surface area contributed by atoms with Gasteiger partial charge in [0.25, 0.3) is 12.5 Å². The van der Waals surface area contributed by atoms with Crippen molar-refractivity contribution in [2.24, 2.45) is 0 Å². The molecule has 0 fully saturated rings. The van der Waals surface area contributed by atoms with E-state index in [1.54, 1.807) is 29.1 Å². The van der Waals surface area contributed by atoms with Gasteiger partial charge in [-0.15, -0.1) is 24.0 Å². The minimum atomic E-state index is -0.203. The van der Waals surface area contributed by atoms with Crippen LogP contribution in [0, 0.1) is 0 Å². The number of fused-ring (bicyclic) bond motifs is 1. The van der Waals surface area contributed by atoms with E-state index in [1.165, 1.54) is 0 Å². The minimum Gasteiger partial charge on any atom is -0.320 e. The maximum absolute atomic E-state index is 12.1. The van der Waals surface area contributed by atoms with E-state index in [0.29, 0.717) is 15.7 Å². The van der Waals surface area contributed by atoms with Crippen LogP contribution in [0.3, 0.4) is 0 Å². The second-order valence-corrected chi connectivity index (χ2v) is 5.68. The molecule has 0 radical (unpaired) electrons. The molecule has 0 spiro atoms. The number of carbonyl (C=O) groups excluding carboxylic acids is 1. The summed E-state index contributed by atoms with van der Waals surface area (Å²) in [5.41, 5.74) is 0.559. The number of nitrogens with zero attached hydrogens (tertiary/aromatic N) is 2. The van der Waals surface area contributed by atoms with Crippen molar-refractivity contribution < 1.29 is 9.48 Å². The third kappa shape index (κ3) is 4.76. The molecule has 3 rings (SSSR count). The fourth-order valence-electron chi connectivity index (χ4n) is 2.14. The maximum atomic E-state index is 12.1. The van der Waals surface area contributed by atoms with Crippen molar-refractivity contribution in [3.05, 3.63) is 64.9 Å². The molecule has 0 unspecified atom stereocenters. The van der Waals surface area contributed by atoms with Gasteiger partial charge in [0, 0.05) is 26.5 Å². The Hall–Kier alpha value is -1.44. The highest BCUT2D eigenvalue weighted by atomic mass is 127. The quantitative estimate of drug-likeness (QED) is 0.472. The Bertz CT molecular complexity index is 837. The molecule has 118 valence electrons. The number of halogens is 3. The molecule has 1 N–H and O–H groups in total. The van der Waals surface area contributed by atoms with Crippen LogP contribution in [0.2, 0.25) is 10.0 Å². The van der Waals surface area contributed by atoms with E-state index in [9.17, 15) is 4.79 Å². The summed E-state index contributed by atoms with van der Waals surface area (Å²) < 4.78 is 1.59. The monoisotopic (exact) mass is 460 g/mol. The van der Waals surface area contributed by atoms with Crippen molar-refractivity contribution >= 4 is 69.5 Å². The van der Waals surface area contributed by atoms with Crippen LogP contribution in [0.15, 0.2) is 54.9 Å². The Morgan fingerprint density at radius 2 is 1.74 bits per heavy atom. The number of hydrogen-bond acceptors (Lipinski definition) is 2. The first kappa shape index (κ1) is 17.9. The van der Waals surface area contributed by atoms with Gasteiger partial charge in [-0.1, -0.05) is 46.1 Å². The zero-order chi connectivity index (χ0) is 15.5. The number of carbonyl (C=O) groups is 1. The smallest absolute Gasteiger partial charge is 0.292 e. The predicted molar refractivity (Wildman–Crippen MR) is 102 cm³/mol. The number of anilines is 1. The fraction of sp³-hybridized carbons (Fsp3) is 0.0625. The first-order valence-electron chi connectivity index (χ1n) is 6.61. The summed E-state index contributed by atoms with van der Waals surface area (Å²) in [6, 6.07) is 12.7. The molecule has 2 aromatic carbocycles. The Morgan fingerprint density at radius 1 is 1.09 bits per heavy atom. The number of hydrogen-bond donors (Lipinski definition) is 1. The molecule has 0 aliphatic carbocycles. The number of rotatable bonds is 3. The van der Waals surface area contributed by atoms with Crippen LogP contribution in [-0.4, -0.2) is 11.0 Å². The zero-order valence-electron chi connectivity index (χ0n) is 11.9. The predicted octanol–water partition coefficient (Wildman–Crippen LogP) is 4.09. The van der Waals surface area contributed by atoms with Crippen LogP contribution < -0.4 is 10.00 Å². The van der Waals surface area contributed by atoms with Crippen LogP contribution in [-0.2, 0) is 11.3 Å². The highest BCUT2D eigenvalue weighted by molar-refractivity contribution is 14.0. The van der Waals surface area contributed by atoms with E-state index in [4.69, 9.17) is 23.2 Å². The second-order valence-electron chi connectivity index (χ2n) is 4.81. The van der Waals surface area contributed by atoms with Gasteiger partial charge in [0.05, 0.1) is 0 Å². The second kappa shape index (κ2) is 7.90. The molecule has 3 aromatic rings. The maximum Gasteiger partial charge on any atom is 0.292 e. The van der Waals surface area contributed by atoms with E-state index in [-0.39, 0.29) is 36.4 Å². The summed E-state index contributed by atoms with van der Waals surface area (Å²) in [7, 11) is 0. The lowest BCUT2D eigenvalue weighted by Crippen LogP contribution is -2.43. The normalized spacial score (nSPS) is 10.2. The molecular weight excluding hydrogens is 448 g/mol. The summed E-state index contributed by atoms with van der Waals surface area (Å²) in [4.78, 5) is 12.1. The van der Waals surface area contributed by atoms with Crippen LogP contribution >= 0.6 is 47.2 Å². The van der Waals surface area contributed by atoms with Gasteiger partial charge >= 0.3 is 0 Å². The van der Waals surface area contributed by atoms with Gasteiger partial charge in [-0.05, 0) is 29.4 Å². The minimum absolute atomic E-state index is 0. The third-order valence-corrected chi connectivity index (χ3v) is 3.52. The van der Waals surface area contributed by atoms with Crippen molar-refractivity contribution in [3.8, 4) is 0 Å². The first-order chi connectivity index (χ1) is 10.6. The molecular formula is C16H13Cl2IN3O+. The van der Waals surface area contributed by atoms with E-state index < -0.39 is 0 Å². The molecule has 0 saturated carbocycles. The summed E-state index contributed by atoms with van der Waals surface area (Å²) in [6.45, 7) is 0.106. The topological polar surface area (TPSA) is 45.9 Å². The lowest BCUT2D eigenvalue weighted by Gasteiger charge is -2.04. The number of amides is 1. The van der Waals surface area contributed by atoms with Gasteiger partial charge in [0.2, 0.25) is 6.20 Å². The van der Waals surface area contributed by atoms with Gasteiger partial charge < -0.3 is 5.32 Å². The van der Waals surface area contributed by atoms with E-state index >= 15 is 0 Å². The Labute approximate surface area is 160 Å². The molecule has 0 bridgehead atoms. The molecule has 0 saturated heterocycles. The standard InChI is InChI=1S/C16H11Cl2N3O.HI/c17-13-5-14(18)7-15(6-13)20-16(22)10-21-9-12-4-2-1-3-11(12)8-19-21;/h1-9H,10H2;1H/p+1. The number of nitrogens with one attached hydrogen (secondary N) is 1. The largest absolute Gasteiger partial charge is 0.320 e. The molecule has 0 atom stereocenters. The highest BCUT2D eigenvalue weighted by Gasteiger charge is 2.12. The number of aromatic nitrogens is 2. The van der Waals surface area contributed by atoms with E-state index in [0.717, 1.165) is 10.8 Å². The van der Waals surface area contributed by atoms with Crippen LogP contribution in [0.4, 0.5) is 5.69 Å². The summed E-state index contributed by atoms with van der Waals surface area (Å²) >= 11 is 11.8. The lowest BCUT2D eigenvalue weighted by molar-refractivity contribution is -0.740. The molecule has 23 heavy (non-hydrogen) atoms. The molecule has 0 aliphatic rings. The Morgan fingerprint density at radius 3 is 2.43 bits per heavy atom. The Kier molecular flexibility index (Phi) is 6.15. The van der Waals surface area contributed by atoms with Crippen molar-refractivity contribution in [3.63, 3.8) is 0 Å². The highest BCUT2D eigenvalue weighted by Crippen LogP contribution is 2.22. The Balaban J connectivity index is 0.00000192. The lowest BCUT2D eigenvalue weighted by atomic mass is 10.2. The van der Waals surface area contributed by atoms with Crippen LogP contribution in [0.5, 0.6) is 0 Å². The van der Waals surface area contributed by atoms with Gasteiger partial charge in [-0.3, -0.25) is 4.79 Å². The van der Waals surface area contributed by atoms with Crippen molar-refractivity contribution in [1.29, 1.82) is 0 Å². The van der Waals surface area contributed by atoms with E-state index in [1.807, 2.05) is 30.5 Å². The van der Waals surface area contributed by atoms with Gasteiger partial charge in [0.15, 0.2) is 0 Å². The van der Waals surface area contributed by atoms with Crippen LogP contribution in [0.1, 0.15) is 0 Å². The number of benzene rings is 2. The van der Waals surface area contributed by atoms with Crippen molar-refractivity contribution in [2.45, 2.75) is 6.54 Å². The summed E-state index contributed by atoms with van der Waals surface area (Å²) in [5.74, 6) is -0.203.